The number of hydrogen-bond acceptors (Lipinski definition) is 5. The van der Waals surface area contributed by atoms with Crippen molar-refractivity contribution in [2.45, 2.75) is 71.1 Å². The maximum atomic E-state index is 9.38. The molecule has 0 aliphatic heterocycles. The van der Waals surface area contributed by atoms with Crippen molar-refractivity contribution in [3.05, 3.63) is 31.0 Å². The van der Waals surface area contributed by atoms with E-state index in [9.17, 15) is 5.26 Å². The summed E-state index contributed by atoms with van der Waals surface area (Å²) in [5, 5.41) is 15.0. The smallest absolute Gasteiger partial charge is 0.145 e. The Balaban J connectivity index is 1.56. The van der Waals surface area contributed by atoms with E-state index in [-0.39, 0.29) is 11.0 Å². The van der Waals surface area contributed by atoms with Gasteiger partial charge in [-0.3, -0.25) is 4.68 Å². The zero-order valence-electron chi connectivity index (χ0n) is 19.2. The summed E-state index contributed by atoms with van der Waals surface area (Å²) in [6.07, 6.45) is 9.89. The van der Waals surface area contributed by atoms with Crippen LogP contribution in [0, 0.1) is 16.7 Å². The van der Waals surface area contributed by atoms with Crippen molar-refractivity contribution in [1.82, 2.24) is 24.3 Å². The number of hydrogen-bond donors (Lipinski definition) is 0. The van der Waals surface area contributed by atoms with E-state index in [0.29, 0.717) is 13.2 Å². The van der Waals surface area contributed by atoms with Crippen molar-refractivity contribution < 1.29 is 4.74 Å². The predicted octanol–water partition coefficient (Wildman–Crippen LogP) is 5.04. The van der Waals surface area contributed by atoms with Crippen LogP contribution in [0.1, 0.15) is 33.1 Å². The van der Waals surface area contributed by atoms with Crippen LogP contribution in [0.2, 0.25) is 25.7 Å². The molecule has 31 heavy (non-hydrogen) atoms. The van der Waals surface area contributed by atoms with Crippen LogP contribution in [0.15, 0.2) is 31.0 Å². The monoisotopic (exact) mass is 436 g/mol. The second kappa shape index (κ2) is 7.88. The van der Waals surface area contributed by atoms with Crippen LogP contribution in [-0.4, -0.2) is 39.0 Å². The molecular weight excluding hydrogens is 404 g/mol. The maximum absolute atomic E-state index is 9.38. The molecule has 3 aromatic rings. The molecule has 8 heteroatoms. The molecular formula is C23H32N6OSi. The standard InChI is InChI=1S/C23H32N6OSi/c1-22(2)14-23(15-22,7-8-24)29-13-18(12-27-29)20-19-6-9-28(21(19)26-16-25-20)17-30-10-11-31(3,4)5/h6,9,12-13,16H,7,10-11,14-15,17H2,1-5H3. The number of aromatic nitrogens is 5. The quantitative estimate of drug-likeness (QED) is 0.365. The highest BCUT2D eigenvalue weighted by molar-refractivity contribution is 6.76. The predicted molar refractivity (Wildman–Crippen MR) is 124 cm³/mol. The van der Waals surface area contributed by atoms with Gasteiger partial charge in [0.25, 0.3) is 0 Å². The molecule has 0 atom stereocenters. The van der Waals surface area contributed by atoms with Gasteiger partial charge in [-0.2, -0.15) is 10.4 Å². The molecule has 0 N–H and O–H groups in total. The molecule has 0 aromatic carbocycles. The Labute approximate surface area is 185 Å². The molecule has 4 rings (SSSR count). The molecule has 1 saturated carbocycles. The minimum atomic E-state index is -1.10. The Kier molecular flexibility index (Phi) is 5.52. The lowest BCUT2D eigenvalue weighted by molar-refractivity contribution is -0.00714. The zero-order valence-corrected chi connectivity index (χ0v) is 20.2. The summed E-state index contributed by atoms with van der Waals surface area (Å²) in [6, 6.07) is 5.55. The van der Waals surface area contributed by atoms with E-state index in [1.807, 2.05) is 33.9 Å². The molecule has 0 amide bonds. The minimum absolute atomic E-state index is 0.210. The van der Waals surface area contributed by atoms with Crippen molar-refractivity contribution in [2.24, 2.45) is 5.41 Å². The Bertz CT molecular complexity index is 1110. The summed E-state index contributed by atoms with van der Waals surface area (Å²) >= 11 is 0. The summed E-state index contributed by atoms with van der Waals surface area (Å²) in [5.41, 5.74) is 2.72. The van der Waals surface area contributed by atoms with Crippen molar-refractivity contribution in [3.8, 4) is 17.3 Å². The average Bonchev–Trinajstić information content (AvgIpc) is 3.30. The lowest BCUT2D eigenvalue weighted by Gasteiger charge is -2.52. The fourth-order valence-corrected chi connectivity index (χ4v) is 5.59. The highest BCUT2D eigenvalue weighted by atomic mass is 28.3. The van der Waals surface area contributed by atoms with Gasteiger partial charge in [0.1, 0.15) is 18.7 Å². The van der Waals surface area contributed by atoms with Crippen LogP contribution in [0.5, 0.6) is 0 Å². The van der Waals surface area contributed by atoms with Crippen LogP contribution in [0.4, 0.5) is 0 Å². The van der Waals surface area contributed by atoms with Crippen LogP contribution < -0.4 is 0 Å². The SMILES string of the molecule is CC1(C)CC(CC#N)(n2cc(-c3ncnc4c3ccn4COCC[Si](C)(C)C)cn2)C1. The lowest BCUT2D eigenvalue weighted by atomic mass is 9.58. The third kappa shape index (κ3) is 4.43. The van der Waals surface area contributed by atoms with Gasteiger partial charge >= 0.3 is 0 Å². The van der Waals surface area contributed by atoms with Gasteiger partial charge < -0.3 is 9.30 Å². The first-order valence-electron chi connectivity index (χ1n) is 10.9. The van der Waals surface area contributed by atoms with Gasteiger partial charge in [-0.1, -0.05) is 33.5 Å². The third-order valence-electron chi connectivity index (χ3n) is 6.15. The molecule has 0 radical (unpaired) electrons. The first-order chi connectivity index (χ1) is 14.6. The Morgan fingerprint density at radius 2 is 2.00 bits per heavy atom. The summed E-state index contributed by atoms with van der Waals surface area (Å²) in [6.45, 7) is 12.8. The molecule has 1 aliphatic carbocycles. The van der Waals surface area contributed by atoms with E-state index >= 15 is 0 Å². The van der Waals surface area contributed by atoms with Crippen LogP contribution in [0.3, 0.4) is 0 Å². The molecule has 3 aromatic heterocycles. The van der Waals surface area contributed by atoms with E-state index in [4.69, 9.17) is 4.74 Å². The third-order valence-corrected chi connectivity index (χ3v) is 7.85. The Morgan fingerprint density at radius 3 is 2.68 bits per heavy atom. The largest absolute Gasteiger partial charge is 0.361 e. The van der Waals surface area contributed by atoms with Crippen LogP contribution >= 0.6 is 0 Å². The van der Waals surface area contributed by atoms with Crippen molar-refractivity contribution in [3.63, 3.8) is 0 Å². The van der Waals surface area contributed by atoms with Gasteiger partial charge in [0.15, 0.2) is 0 Å². The molecule has 0 unspecified atom stereocenters. The second-order valence-electron chi connectivity index (χ2n) is 10.8. The first-order valence-corrected chi connectivity index (χ1v) is 14.6. The lowest BCUT2D eigenvalue weighted by Crippen LogP contribution is -2.50. The molecule has 3 heterocycles. The summed E-state index contributed by atoms with van der Waals surface area (Å²) in [7, 11) is -1.10. The minimum Gasteiger partial charge on any atom is -0.361 e. The fourth-order valence-electron chi connectivity index (χ4n) is 4.83. The number of fused-ring (bicyclic) bond motifs is 1. The fraction of sp³-hybridized carbons (Fsp3) is 0.565. The van der Waals surface area contributed by atoms with Gasteiger partial charge in [0.2, 0.25) is 0 Å². The molecule has 1 aliphatic rings. The molecule has 164 valence electrons. The van der Waals surface area contributed by atoms with E-state index in [0.717, 1.165) is 47.8 Å². The van der Waals surface area contributed by atoms with Gasteiger partial charge in [-0.25, -0.2) is 9.97 Å². The average molecular weight is 437 g/mol. The Hall–Kier alpha value is -2.50. The molecule has 7 nitrogen and oxygen atoms in total. The summed E-state index contributed by atoms with van der Waals surface area (Å²) < 4.78 is 9.93. The molecule has 0 bridgehead atoms. The van der Waals surface area contributed by atoms with E-state index < -0.39 is 8.07 Å². The highest BCUT2D eigenvalue weighted by Gasteiger charge is 2.51. The maximum Gasteiger partial charge on any atom is 0.145 e. The molecule has 0 saturated heterocycles. The van der Waals surface area contributed by atoms with Crippen LogP contribution in [0.25, 0.3) is 22.3 Å². The zero-order chi connectivity index (χ0) is 22.3. The van der Waals surface area contributed by atoms with Gasteiger partial charge in [-0.15, -0.1) is 0 Å². The second-order valence-corrected chi connectivity index (χ2v) is 16.5. The van der Waals surface area contributed by atoms with E-state index in [2.05, 4.69) is 54.6 Å². The first kappa shape index (κ1) is 21.7. The number of rotatable bonds is 8. The summed E-state index contributed by atoms with van der Waals surface area (Å²) in [5.74, 6) is 0. The molecule has 0 spiro atoms. The van der Waals surface area contributed by atoms with Gasteiger partial charge in [-0.05, 0) is 30.4 Å². The number of nitriles is 1. The summed E-state index contributed by atoms with van der Waals surface area (Å²) in [4.78, 5) is 9.05. The van der Waals surface area contributed by atoms with Crippen molar-refractivity contribution in [2.75, 3.05) is 6.61 Å². The Morgan fingerprint density at radius 1 is 1.23 bits per heavy atom. The molecule has 1 fully saturated rings. The topological polar surface area (TPSA) is 81.5 Å². The van der Waals surface area contributed by atoms with Crippen molar-refractivity contribution >= 4 is 19.1 Å². The van der Waals surface area contributed by atoms with Crippen LogP contribution in [-0.2, 0) is 17.0 Å². The van der Waals surface area contributed by atoms with Gasteiger partial charge in [0, 0.05) is 38.0 Å². The van der Waals surface area contributed by atoms with E-state index in [1.165, 1.54) is 0 Å². The normalized spacial score (nSPS) is 17.4. The highest BCUT2D eigenvalue weighted by Crippen LogP contribution is 2.54. The van der Waals surface area contributed by atoms with E-state index in [1.54, 1.807) is 6.33 Å². The van der Waals surface area contributed by atoms with Crippen molar-refractivity contribution in [1.29, 1.82) is 5.26 Å². The van der Waals surface area contributed by atoms with Gasteiger partial charge in [0.05, 0.1) is 29.9 Å². The number of ether oxygens (including phenoxy) is 1. The number of nitrogens with zero attached hydrogens (tertiary/aromatic N) is 6.